The average Bonchev–Trinajstić information content (AvgIpc) is 2.75. The summed E-state index contributed by atoms with van der Waals surface area (Å²) in [6, 6.07) is 9.76. The number of nitrogens with one attached hydrogen (secondary N) is 1. The van der Waals surface area contributed by atoms with Gasteiger partial charge in [0.1, 0.15) is 11.5 Å². The minimum absolute atomic E-state index is 0.126. The highest BCUT2D eigenvalue weighted by atomic mass is 19.1. The maximum Gasteiger partial charge on any atom is 0.295 e. The van der Waals surface area contributed by atoms with Gasteiger partial charge in [-0.1, -0.05) is 12.1 Å². The lowest BCUT2D eigenvalue weighted by Gasteiger charge is -2.30. The lowest BCUT2D eigenvalue weighted by Crippen LogP contribution is -2.44. The monoisotopic (exact) mass is 386 g/mol. The van der Waals surface area contributed by atoms with Crippen molar-refractivity contribution in [3.8, 4) is 0 Å². The Morgan fingerprint density at radius 2 is 2.07 bits per heavy atom. The van der Waals surface area contributed by atoms with Crippen LogP contribution in [0.4, 0.5) is 27.1 Å². The number of halogens is 1. The maximum absolute atomic E-state index is 13.4. The number of nitro benzene ring substituents is 1. The van der Waals surface area contributed by atoms with E-state index in [2.05, 4.69) is 5.32 Å². The average molecular weight is 386 g/mol. The van der Waals surface area contributed by atoms with E-state index in [0.29, 0.717) is 11.4 Å². The molecule has 28 heavy (non-hydrogen) atoms. The summed E-state index contributed by atoms with van der Waals surface area (Å²) in [6.45, 7) is 1.58. The Kier molecular flexibility index (Phi) is 5.25. The lowest BCUT2D eigenvalue weighted by molar-refractivity contribution is -0.384. The second-order valence-electron chi connectivity index (χ2n) is 6.63. The predicted octanol–water partition coefficient (Wildman–Crippen LogP) is 2.93. The number of carbonyl (C=O) groups is 2. The van der Waals surface area contributed by atoms with Crippen LogP contribution in [0, 0.1) is 15.9 Å². The van der Waals surface area contributed by atoms with E-state index in [1.165, 1.54) is 22.9 Å². The van der Waals surface area contributed by atoms with Gasteiger partial charge in [0.2, 0.25) is 11.8 Å². The van der Waals surface area contributed by atoms with Crippen molar-refractivity contribution < 1.29 is 18.9 Å². The number of rotatable bonds is 4. The quantitative estimate of drug-likeness (QED) is 0.644. The molecule has 1 aliphatic heterocycles. The number of amides is 2. The van der Waals surface area contributed by atoms with Gasteiger partial charge in [-0.3, -0.25) is 19.7 Å². The molecule has 0 aliphatic carbocycles. The van der Waals surface area contributed by atoms with Gasteiger partial charge in [-0.25, -0.2) is 4.39 Å². The van der Waals surface area contributed by atoms with Crippen molar-refractivity contribution in [3.63, 3.8) is 0 Å². The van der Waals surface area contributed by atoms with Crippen LogP contribution in [0.1, 0.15) is 13.3 Å². The number of fused-ring (bicyclic) bond motifs is 1. The van der Waals surface area contributed by atoms with Crippen LogP contribution in [0.2, 0.25) is 0 Å². The fourth-order valence-corrected chi connectivity index (χ4v) is 3.30. The van der Waals surface area contributed by atoms with Crippen LogP contribution in [0.25, 0.3) is 0 Å². The summed E-state index contributed by atoms with van der Waals surface area (Å²) in [5.41, 5.74) is 0.801. The molecule has 0 aromatic heterocycles. The molecule has 146 valence electrons. The number of carbonyl (C=O) groups excluding carboxylic acids is 2. The van der Waals surface area contributed by atoms with Crippen LogP contribution in [-0.2, 0) is 9.59 Å². The third-order valence-electron chi connectivity index (χ3n) is 4.55. The van der Waals surface area contributed by atoms with E-state index in [1.54, 1.807) is 31.2 Å². The maximum atomic E-state index is 13.4. The zero-order valence-electron chi connectivity index (χ0n) is 15.4. The van der Waals surface area contributed by atoms with Crippen LogP contribution in [0.15, 0.2) is 42.5 Å². The second-order valence-corrected chi connectivity index (χ2v) is 6.63. The normalized spacial score (nSPS) is 16.0. The molecule has 0 radical (unpaired) electrons. The smallest absolute Gasteiger partial charge is 0.295 e. The van der Waals surface area contributed by atoms with Gasteiger partial charge in [0.15, 0.2) is 0 Å². The molecule has 0 unspecified atom stereocenters. The third-order valence-corrected chi connectivity index (χ3v) is 4.55. The van der Waals surface area contributed by atoms with Crippen molar-refractivity contribution in [2.75, 3.05) is 28.7 Å². The Morgan fingerprint density at radius 3 is 2.79 bits per heavy atom. The highest BCUT2D eigenvalue weighted by Gasteiger charge is 2.30. The first kappa shape index (κ1) is 19.3. The van der Waals surface area contributed by atoms with Gasteiger partial charge < -0.3 is 15.1 Å². The van der Waals surface area contributed by atoms with Gasteiger partial charge >= 0.3 is 0 Å². The molecule has 2 amide bonds. The first-order valence-electron chi connectivity index (χ1n) is 8.64. The van der Waals surface area contributed by atoms with Gasteiger partial charge in [0, 0.05) is 19.5 Å². The largest absolute Gasteiger partial charge is 0.360 e. The predicted molar refractivity (Wildman–Crippen MR) is 103 cm³/mol. The summed E-state index contributed by atoms with van der Waals surface area (Å²) in [5.74, 6) is -1.26. The lowest BCUT2D eigenvalue weighted by atomic mass is 10.1. The van der Waals surface area contributed by atoms with E-state index in [1.807, 2.05) is 0 Å². The Balaban J connectivity index is 1.90. The van der Waals surface area contributed by atoms with Crippen molar-refractivity contribution in [1.82, 2.24) is 0 Å². The Hall–Kier alpha value is -3.49. The van der Waals surface area contributed by atoms with Crippen LogP contribution < -0.4 is 15.1 Å². The van der Waals surface area contributed by atoms with E-state index >= 15 is 0 Å². The second kappa shape index (κ2) is 7.63. The summed E-state index contributed by atoms with van der Waals surface area (Å²) < 4.78 is 13.4. The van der Waals surface area contributed by atoms with E-state index in [-0.39, 0.29) is 30.5 Å². The molecule has 2 aromatic rings. The number of nitro groups is 1. The van der Waals surface area contributed by atoms with Crippen LogP contribution >= 0.6 is 0 Å². The topological polar surface area (TPSA) is 95.8 Å². The van der Waals surface area contributed by atoms with Gasteiger partial charge in [-0.05, 0) is 31.2 Å². The molecule has 1 heterocycles. The zero-order valence-corrected chi connectivity index (χ0v) is 15.4. The minimum atomic E-state index is -0.727. The minimum Gasteiger partial charge on any atom is -0.360 e. The molecular weight excluding hydrogens is 367 g/mol. The SMILES string of the molecule is C[C@H]1CC(=O)Nc2ccccc2N1C(=O)CN(C)c1ccc(F)cc1[N+](=O)[O-]. The molecule has 2 aromatic carbocycles. The van der Waals surface area contributed by atoms with Crippen molar-refractivity contribution in [2.24, 2.45) is 0 Å². The molecule has 0 bridgehead atoms. The van der Waals surface area contributed by atoms with Crippen LogP contribution in [0.5, 0.6) is 0 Å². The highest BCUT2D eigenvalue weighted by molar-refractivity contribution is 6.05. The molecule has 9 heteroatoms. The highest BCUT2D eigenvalue weighted by Crippen LogP contribution is 2.32. The van der Waals surface area contributed by atoms with E-state index < -0.39 is 22.5 Å². The summed E-state index contributed by atoms with van der Waals surface area (Å²) in [7, 11) is 1.52. The molecular formula is C19H19FN4O4. The summed E-state index contributed by atoms with van der Waals surface area (Å²) in [5, 5.41) is 14.0. The number of anilines is 3. The number of para-hydroxylation sites is 2. The zero-order chi connectivity index (χ0) is 20.4. The van der Waals surface area contributed by atoms with Gasteiger partial charge in [-0.2, -0.15) is 0 Å². The number of nitrogens with zero attached hydrogens (tertiary/aromatic N) is 3. The molecule has 0 spiro atoms. The summed E-state index contributed by atoms with van der Waals surface area (Å²) >= 11 is 0. The van der Waals surface area contributed by atoms with Crippen molar-refractivity contribution in [3.05, 3.63) is 58.4 Å². The van der Waals surface area contributed by atoms with Crippen LogP contribution in [0.3, 0.4) is 0 Å². The first-order chi connectivity index (χ1) is 13.3. The Bertz CT molecular complexity index is 949. The number of hydrogen-bond donors (Lipinski definition) is 1. The summed E-state index contributed by atoms with van der Waals surface area (Å²) in [4.78, 5) is 38.6. The number of benzene rings is 2. The van der Waals surface area contributed by atoms with Gasteiger partial charge in [0.05, 0.1) is 28.9 Å². The van der Waals surface area contributed by atoms with Crippen molar-refractivity contribution in [1.29, 1.82) is 0 Å². The molecule has 1 aliphatic rings. The van der Waals surface area contributed by atoms with E-state index in [9.17, 15) is 24.1 Å². The van der Waals surface area contributed by atoms with E-state index in [4.69, 9.17) is 0 Å². The fraction of sp³-hybridized carbons (Fsp3) is 0.263. The molecule has 1 N–H and O–H groups in total. The van der Waals surface area contributed by atoms with E-state index in [0.717, 1.165) is 12.1 Å². The molecule has 8 nitrogen and oxygen atoms in total. The number of hydrogen-bond acceptors (Lipinski definition) is 5. The van der Waals surface area contributed by atoms with Crippen molar-refractivity contribution in [2.45, 2.75) is 19.4 Å². The first-order valence-corrected chi connectivity index (χ1v) is 8.64. The summed E-state index contributed by atoms with van der Waals surface area (Å²) in [6.07, 6.45) is 0.126. The molecule has 0 saturated carbocycles. The van der Waals surface area contributed by atoms with Gasteiger partial charge in [-0.15, -0.1) is 0 Å². The molecule has 3 rings (SSSR count). The fourth-order valence-electron chi connectivity index (χ4n) is 3.30. The third kappa shape index (κ3) is 3.78. The van der Waals surface area contributed by atoms with Crippen molar-refractivity contribution >= 4 is 34.6 Å². The number of likely N-dealkylation sites (N-methyl/N-ethyl adjacent to an activating group) is 1. The molecule has 0 fully saturated rings. The standard InChI is InChI=1S/C19H19FN4O4/c1-12-9-18(25)21-14-5-3-4-6-15(14)23(12)19(26)11-22(2)16-8-7-13(20)10-17(16)24(27)28/h3-8,10,12H,9,11H2,1-2H3,(H,21,25)/t12-/m0/s1. The van der Waals surface area contributed by atoms with Crippen LogP contribution in [-0.4, -0.2) is 36.4 Å². The van der Waals surface area contributed by atoms with Gasteiger partial charge in [0.25, 0.3) is 5.69 Å². The molecule has 0 saturated heterocycles. The molecule has 1 atom stereocenters. The Morgan fingerprint density at radius 1 is 1.36 bits per heavy atom. The Labute approximate surface area is 160 Å².